The van der Waals surface area contributed by atoms with Crippen LogP contribution in [0, 0.1) is 0 Å². The molecule has 0 aliphatic carbocycles. The van der Waals surface area contributed by atoms with Crippen molar-refractivity contribution >= 4 is 6.72 Å². The van der Waals surface area contributed by atoms with Crippen molar-refractivity contribution in [2.45, 2.75) is 20.8 Å². The van der Waals surface area contributed by atoms with Gasteiger partial charge in [-0.25, -0.2) is 4.39 Å². The molecule has 0 aliphatic rings. The van der Waals surface area contributed by atoms with E-state index in [2.05, 4.69) is 24.9 Å². The summed E-state index contributed by atoms with van der Waals surface area (Å²) < 4.78 is 13.5. The average molecular weight is 193 g/mol. The summed E-state index contributed by atoms with van der Waals surface area (Å²) in [5, 5.41) is 0. The van der Waals surface area contributed by atoms with E-state index in [9.17, 15) is 4.39 Å². The number of aliphatic imine (C=N–C) groups is 1. The van der Waals surface area contributed by atoms with Gasteiger partial charge >= 0.3 is 0 Å². The second-order valence-electron chi connectivity index (χ2n) is 3.24. The second kappa shape index (κ2) is 5.32. The molecule has 0 bridgehead atoms. The smallest absolute Gasteiger partial charge is 0.149 e. The number of halogens is 1. The fourth-order valence-corrected chi connectivity index (χ4v) is 0.796. The van der Waals surface area contributed by atoms with Crippen LogP contribution < -0.4 is 0 Å². The molecule has 0 saturated carbocycles. The predicted molar refractivity (Wildman–Crippen MR) is 61.1 cm³/mol. The first-order chi connectivity index (χ1) is 6.40. The van der Waals surface area contributed by atoms with Gasteiger partial charge in [-0.15, -0.1) is 0 Å². The quantitative estimate of drug-likeness (QED) is 0.473. The number of rotatable bonds is 4. The molecule has 0 aromatic rings. The van der Waals surface area contributed by atoms with Crippen LogP contribution in [0.1, 0.15) is 20.8 Å². The average Bonchev–Trinajstić information content (AvgIpc) is 2.04. The molecule has 0 aliphatic heterocycles. The standard InChI is InChI=1S/C12H16FN/c1-8(2)10(5)7-11(13)12(14-6)9(3)4/h7H,1,3,6H2,2,4-5H3. The summed E-state index contributed by atoms with van der Waals surface area (Å²) in [6.07, 6.45) is 1.39. The molecule has 0 saturated heterocycles. The molecule has 0 unspecified atom stereocenters. The molecule has 0 atom stereocenters. The predicted octanol–water partition coefficient (Wildman–Crippen LogP) is 3.97. The first-order valence-corrected chi connectivity index (χ1v) is 4.26. The van der Waals surface area contributed by atoms with Crippen molar-refractivity contribution in [3.63, 3.8) is 0 Å². The molecule has 0 spiro atoms. The molecule has 0 amide bonds. The maximum Gasteiger partial charge on any atom is 0.149 e. The minimum absolute atomic E-state index is 0.200. The van der Waals surface area contributed by atoms with Gasteiger partial charge in [0.15, 0.2) is 0 Å². The van der Waals surface area contributed by atoms with Gasteiger partial charge in [0.05, 0.1) is 0 Å². The van der Waals surface area contributed by atoms with Crippen LogP contribution in [-0.4, -0.2) is 6.72 Å². The fourth-order valence-electron chi connectivity index (χ4n) is 0.796. The van der Waals surface area contributed by atoms with Crippen LogP contribution in [0.25, 0.3) is 0 Å². The highest BCUT2D eigenvalue weighted by Crippen LogP contribution is 2.19. The van der Waals surface area contributed by atoms with Crippen LogP contribution in [0.4, 0.5) is 4.39 Å². The first kappa shape index (κ1) is 12.6. The Morgan fingerprint density at radius 2 is 1.64 bits per heavy atom. The van der Waals surface area contributed by atoms with Crippen molar-refractivity contribution < 1.29 is 4.39 Å². The molecule has 0 fully saturated rings. The van der Waals surface area contributed by atoms with Crippen LogP contribution in [0.3, 0.4) is 0 Å². The van der Waals surface area contributed by atoms with E-state index in [1.165, 1.54) is 6.08 Å². The Bertz CT molecular complexity index is 332. The van der Waals surface area contributed by atoms with Crippen LogP contribution in [0.5, 0.6) is 0 Å². The minimum atomic E-state index is -0.423. The van der Waals surface area contributed by atoms with Crippen molar-refractivity contribution in [2.75, 3.05) is 0 Å². The van der Waals surface area contributed by atoms with Gasteiger partial charge in [0, 0.05) is 0 Å². The molecule has 0 heterocycles. The summed E-state index contributed by atoms with van der Waals surface area (Å²) in [5.74, 6) is -0.423. The van der Waals surface area contributed by atoms with E-state index < -0.39 is 5.83 Å². The van der Waals surface area contributed by atoms with Gasteiger partial charge in [-0.1, -0.05) is 18.7 Å². The summed E-state index contributed by atoms with van der Waals surface area (Å²) in [4.78, 5) is 3.58. The first-order valence-electron chi connectivity index (χ1n) is 4.26. The molecule has 0 N–H and O–H groups in total. The zero-order valence-electron chi connectivity index (χ0n) is 9.02. The van der Waals surface area contributed by atoms with E-state index >= 15 is 0 Å². The third-order valence-electron chi connectivity index (χ3n) is 1.80. The second-order valence-corrected chi connectivity index (χ2v) is 3.24. The fraction of sp³-hybridized carbons (Fsp3) is 0.250. The normalized spacial score (nSPS) is 13.3. The number of allylic oxidation sites excluding steroid dienone is 5. The third kappa shape index (κ3) is 3.52. The molecule has 0 rings (SSSR count). The lowest BCUT2D eigenvalue weighted by Crippen LogP contribution is -1.85. The van der Waals surface area contributed by atoms with Crippen LogP contribution >= 0.6 is 0 Å². The zero-order valence-corrected chi connectivity index (χ0v) is 9.02. The van der Waals surface area contributed by atoms with Crippen LogP contribution in [0.2, 0.25) is 0 Å². The Morgan fingerprint density at radius 1 is 1.14 bits per heavy atom. The Morgan fingerprint density at radius 3 is 1.93 bits per heavy atom. The summed E-state index contributed by atoms with van der Waals surface area (Å²) in [6.45, 7) is 15.9. The van der Waals surface area contributed by atoms with Gasteiger partial charge < -0.3 is 0 Å². The molecular weight excluding hydrogens is 177 g/mol. The van der Waals surface area contributed by atoms with Gasteiger partial charge in [-0.3, -0.25) is 4.99 Å². The van der Waals surface area contributed by atoms with Crippen molar-refractivity contribution in [3.8, 4) is 0 Å². The van der Waals surface area contributed by atoms with Crippen molar-refractivity contribution in [1.29, 1.82) is 0 Å². The van der Waals surface area contributed by atoms with Crippen molar-refractivity contribution in [1.82, 2.24) is 0 Å². The number of nitrogens with zero attached hydrogens (tertiary/aromatic N) is 1. The zero-order chi connectivity index (χ0) is 11.3. The minimum Gasteiger partial charge on any atom is -0.261 e. The SMILES string of the molecule is C=NC(C(=C)C)=C(F)C=C(C)C(=C)C. The lowest BCUT2D eigenvalue weighted by Gasteiger charge is -2.02. The van der Waals surface area contributed by atoms with E-state index in [4.69, 9.17) is 0 Å². The van der Waals surface area contributed by atoms with Crippen molar-refractivity contribution in [2.24, 2.45) is 4.99 Å². The topological polar surface area (TPSA) is 12.4 Å². The maximum atomic E-state index is 13.5. The van der Waals surface area contributed by atoms with E-state index in [1.54, 1.807) is 13.8 Å². The third-order valence-corrected chi connectivity index (χ3v) is 1.80. The summed E-state index contributed by atoms with van der Waals surface area (Å²) in [5.41, 5.74) is 2.36. The maximum absolute atomic E-state index is 13.5. The van der Waals surface area contributed by atoms with Gasteiger partial charge in [0.2, 0.25) is 0 Å². The summed E-state index contributed by atoms with van der Waals surface area (Å²) in [7, 11) is 0. The molecule has 2 heteroatoms. The van der Waals surface area contributed by atoms with E-state index in [1.807, 2.05) is 6.92 Å². The molecular formula is C12H16FN. The monoisotopic (exact) mass is 193 g/mol. The number of hydrogen-bond donors (Lipinski definition) is 0. The molecule has 1 nitrogen and oxygen atoms in total. The van der Waals surface area contributed by atoms with Gasteiger partial charge in [0.1, 0.15) is 11.5 Å². The Labute approximate surface area is 85.1 Å². The Hall–Kier alpha value is -1.44. The molecule has 76 valence electrons. The van der Waals surface area contributed by atoms with Gasteiger partial charge in [-0.05, 0) is 44.7 Å². The van der Waals surface area contributed by atoms with Crippen LogP contribution in [-0.2, 0) is 0 Å². The van der Waals surface area contributed by atoms with E-state index in [0.717, 1.165) is 11.1 Å². The Kier molecular flexibility index (Phi) is 4.78. The number of hydrogen-bond acceptors (Lipinski definition) is 1. The Balaban J connectivity index is 5.19. The highest BCUT2D eigenvalue weighted by molar-refractivity contribution is 5.42. The summed E-state index contributed by atoms with van der Waals surface area (Å²) in [6, 6.07) is 0. The highest BCUT2D eigenvalue weighted by Gasteiger charge is 2.03. The molecule has 0 aromatic heterocycles. The van der Waals surface area contributed by atoms with E-state index in [0.29, 0.717) is 5.57 Å². The van der Waals surface area contributed by atoms with Gasteiger partial charge in [0.25, 0.3) is 0 Å². The molecule has 0 radical (unpaired) electrons. The largest absolute Gasteiger partial charge is 0.261 e. The lowest BCUT2D eigenvalue weighted by atomic mass is 10.1. The summed E-state index contributed by atoms with van der Waals surface area (Å²) >= 11 is 0. The lowest BCUT2D eigenvalue weighted by molar-refractivity contribution is 0.653. The molecule has 14 heavy (non-hydrogen) atoms. The molecule has 0 aromatic carbocycles. The van der Waals surface area contributed by atoms with E-state index in [-0.39, 0.29) is 5.70 Å². The van der Waals surface area contributed by atoms with Crippen LogP contribution in [0.15, 0.2) is 52.5 Å². The van der Waals surface area contributed by atoms with Gasteiger partial charge in [-0.2, -0.15) is 0 Å². The highest BCUT2D eigenvalue weighted by atomic mass is 19.1. The van der Waals surface area contributed by atoms with Crippen molar-refractivity contribution in [3.05, 3.63) is 47.5 Å².